The molecule has 1 saturated carbocycles. The third-order valence-electron chi connectivity index (χ3n) is 4.37. The number of halogens is 1. The highest BCUT2D eigenvalue weighted by molar-refractivity contribution is 5.28. The molecule has 1 N–H and O–H groups in total. The first-order valence-corrected chi connectivity index (χ1v) is 6.59. The number of hydrogen-bond donors (Lipinski definition) is 1. The molecule has 2 nitrogen and oxygen atoms in total. The molecule has 0 radical (unpaired) electrons. The van der Waals surface area contributed by atoms with E-state index in [-0.39, 0.29) is 11.4 Å². The van der Waals surface area contributed by atoms with E-state index in [4.69, 9.17) is 0 Å². The Balaban J connectivity index is 2.33. The Morgan fingerprint density at radius 3 is 2.39 bits per heavy atom. The Kier molecular flexibility index (Phi) is 3.74. The van der Waals surface area contributed by atoms with E-state index in [9.17, 15) is 9.50 Å². The lowest BCUT2D eigenvalue weighted by molar-refractivity contribution is -0.00481. The van der Waals surface area contributed by atoms with Crippen molar-refractivity contribution in [3.8, 4) is 0 Å². The Morgan fingerprint density at radius 2 is 1.89 bits per heavy atom. The van der Waals surface area contributed by atoms with Crippen molar-refractivity contribution in [2.75, 3.05) is 14.1 Å². The lowest BCUT2D eigenvalue weighted by Crippen LogP contribution is -2.47. The molecule has 3 heteroatoms. The summed E-state index contributed by atoms with van der Waals surface area (Å²) in [5, 5.41) is 10.7. The summed E-state index contributed by atoms with van der Waals surface area (Å²) >= 11 is 0. The van der Waals surface area contributed by atoms with Crippen LogP contribution in [-0.2, 0) is 0 Å². The summed E-state index contributed by atoms with van der Waals surface area (Å²) < 4.78 is 13.3. The van der Waals surface area contributed by atoms with Gasteiger partial charge in [-0.25, -0.2) is 4.39 Å². The van der Waals surface area contributed by atoms with Crippen LogP contribution in [0, 0.1) is 12.7 Å². The maximum Gasteiger partial charge on any atom is 0.126 e. The van der Waals surface area contributed by atoms with Gasteiger partial charge in [0.05, 0.1) is 11.6 Å². The number of aliphatic hydroxyl groups is 1. The first-order chi connectivity index (χ1) is 8.47. The topological polar surface area (TPSA) is 23.5 Å². The van der Waals surface area contributed by atoms with Crippen LogP contribution in [0.3, 0.4) is 0 Å². The average molecular weight is 251 g/mol. The van der Waals surface area contributed by atoms with E-state index in [1.165, 1.54) is 6.07 Å². The van der Waals surface area contributed by atoms with Gasteiger partial charge in [0, 0.05) is 0 Å². The summed E-state index contributed by atoms with van der Waals surface area (Å²) in [5.41, 5.74) is 1.23. The molecule has 1 fully saturated rings. The molecule has 2 rings (SSSR count). The van der Waals surface area contributed by atoms with Gasteiger partial charge >= 0.3 is 0 Å². The number of hydrogen-bond acceptors (Lipinski definition) is 2. The fraction of sp³-hybridized carbons (Fsp3) is 0.600. The van der Waals surface area contributed by atoms with Crippen LogP contribution in [0.5, 0.6) is 0 Å². The molecule has 0 aromatic heterocycles. The Bertz CT molecular complexity index is 425. The molecule has 0 amide bonds. The number of nitrogens with zero attached hydrogens (tertiary/aromatic N) is 1. The van der Waals surface area contributed by atoms with Gasteiger partial charge in [0.15, 0.2) is 0 Å². The van der Waals surface area contributed by atoms with Crippen molar-refractivity contribution in [2.45, 2.75) is 44.2 Å². The summed E-state index contributed by atoms with van der Waals surface area (Å²) in [6.45, 7) is 1.74. The zero-order chi connectivity index (χ0) is 13.3. The van der Waals surface area contributed by atoms with Crippen LogP contribution in [0.15, 0.2) is 18.2 Å². The summed E-state index contributed by atoms with van der Waals surface area (Å²) in [6, 6.07) is 4.92. The van der Waals surface area contributed by atoms with Crippen molar-refractivity contribution in [3.05, 3.63) is 35.1 Å². The maximum absolute atomic E-state index is 13.3. The molecule has 100 valence electrons. The molecule has 0 saturated heterocycles. The number of benzene rings is 1. The van der Waals surface area contributed by atoms with Crippen molar-refractivity contribution in [1.82, 2.24) is 4.90 Å². The van der Waals surface area contributed by atoms with Crippen molar-refractivity contribution in [2.24, 2.45) is 0 Å². The van der Waals surface area contributed by atoms with Crippen LogP contribution < -0.4 is 0 Å². The Labute approximate surface area is 108 Å². The number of aryl methyl sites for hydroxylation is 1. The first-order valence-electron chi connectivity index (χ1n) is 6.59. The SMILES string of the molecule is Cc1cc(C(O)C2(N(C)C)CCCC2)ccc1F. The largest absolute Gasteiger partial charge is 0.386 e. The van der Waals surface area contributed by atoms with Gasteiger partial charge in [-0.05, 0) is 51.1 Å². The summed E-state index contributed by atoms with van der Waals surface area (Å²) in [4.78, 5) is 2.13. The Hall–Kier alpha value is -0.930. The van der Waals surface area contributed by atoms with Crippen molar-refractivity contribution in [1.29, 1.82) is 0 Å². The van der Waals surface area contributed by atoms with Crippen LogP contribution >= 0.6 is 0 Å². The highest BCUT2D eigenvalue weighted by Gasteiger charge is 2.43. The highest BCUT2D eigenvalue weighted by atomic mass is 19.1. The molecule has 1 aliphatic carbocycles. The van der Waals surface area contributed by atoms with Crippen LogP contribution in [0.25, 0.3) is 0 Å². The third kappa shape index (κ3) is 2.17. The first kappa shape index (κ1) is 13.5. The molecule has 0 aliphatic heterocycles. The average Bonchev–Trinajstić information content (AvgIpc) is 2.82. The molecule has 0 spiro atoms. The van der Waals surface area contributed by atoms with E-state index >= 15 is 0 Å². The lowest BCUT2D eigenvalue weighted by atomic mass is 9.84. The lowest BCUT2D eigenvalue weighted by Gasteiger charge is -2.40. The van der Waals surface area contributed by atoms with E-state index in [2.05, 4.69) is 4.90 Å². The zero-order valence-corrected chi connectivity index (χ0v) is 11.4. The maximum atomic E-state index is 13.3. The standard InChI is InChI=1S/C15H22FNO/c1-11-10-12(6-7-13(11)16)14(18)15(17(2)3)8-4-5-9-15/h6-7,10,14,18H,4-5,8-9H2,1-3H3. The molecular formula is C15H22FNO. The number of rotatable bonds is 3. The van der Waals surface area contributed by atoms with E-state index in [1.54, 1.807) is 19.1 Å². The van der Waals surface area contributed by atoms with Crippen molar-refractivity contribution < 1.29 is 9.50 Å². The van der Waals surface area contributed by atoms with Crippen LogP contribution in [-0.4, -0.2) is 29.6 Å². The van der Waals surface area contributed by atoms with Gasteiger partial charge in [0.25, 0.3) is 0 Å². The normalized spacial score (nSPS) is 20.3. The van der Waals surface area contributed by atoms with Gasteiger partial charge in [-0.1, -0.05) is 25.0 Å². The molecule has 0 heterocycles. The monoisotopic (exact) mass is 251 g/mol. The third-order valence-corrected chi connectivity index (χ3v) is 4.37. The Morgan fingerprint density at radius 1 is 1.28 bits per heavy atom. The van der Waals surface area contributed by atoms with Gasteiger partial charge in [-0.2, -0.15) is 0 Å². The number of likely N-dealkylation sites (N-methyl/N-ethyl adjacent to an activating group) is 1. The molecule has 1 atom stereocenters. The number of aliphatic hydroxyl groups excluding tert-OH is 1. The van der Waals surface area contributed by atoms with Crippen molar-refractivity contribution >= 4 is 0 Å². The summed E-state index contributed by atoms with van der Waals surface area (Å²) in [7, 11) is 4.04. The molecule has 1 unspecified atom stereocenters. The van der Waals surface area contributed by atoms with E-state index in [0.717, 1.165) is 31.2 Å². The molecule has 18 heavy (non-hydrogen) atoms. The second-order valence-electron chi connectivity index (χ2n) is 5.62. The molecular weight excluding hydrogens is 229 g/mol. The smallest absolute Gasteiger partial charge is 0.126 e. The summed E-state index contributed by atoms with van der Waals surface area (Å²) in [6.07, 6.45) is 3.74. The highest BCUT2D eigenvalue weighted by Crippen LogP contribution is 2.43. The fourth-order valence-corrected chi connectivity index (χ4v) is 3.10. The summed E-state index contributed by atoms with van der Waals surface area (Å²) in [5.74, 6) is -0.212. The van der Waals surface area contributed by atoms with Crippen LogP contribution in [0.2, 0.25) is 0 Å². The molecule has 0 bridgehead atoms. The second kappa shape index (κ2) is 4.98. The minimum absolute atomic E-state index is 0.190. The van der Waals surface area contributed by atoms with Crippen LogP contribution in [0.1, 0.15) is 42.9 Å². The van der Waals surface area contributed by atoms with Crippen molar-refractivity contribution in [3.63, 3.8) is 0 Å². The minimum atomic E-state index is -0.547. The van der Waals surface area contributed by atoms with E-state index in [0.29, 0.717) is 5.56 Å². The van der Waals surface area contributed by atoms with E-state index < -0.39 is 6.10 Å². The molecule has 1 aliphatic rings. The second-order valence-corrected chi connectivity index (χ2v) is 5.62. The predicted octanol–water partition coefficient (Wildman–Crippen LogP) is 3.04. The molecule has 1 aromatic carbocycles. The fourth-order valence-electron chi connectivity index (χ4n) is 3.10. The van der Waals surface area contributed by atoms with Gasteiger partial charge < -0.3 is 10.0 Å². The quantitative estimate of drug-likeness (QED) is 0.892. The minimum Gasteiger partial charge on any atom is -0.386 e. The van der Waals surface area contributed by atoms with Crippen LogP contribution in [0.4, 0.5) is 4.39 Å². The predicted molar refractivity (Wildman–Crippen MR) is 71.0 cm³/mol. The van der Waals surface area contributed by atoms with Gasteiger partial charge in [-0.3, -0.25) is 0 Å². The molecule has 1 aromatic rings. The van der Waals surface area contributed by atoms with Gasteiger partial charge in [-0.15, -0.1) is 0 Å². The van der Waals surface area contributed by atoms with Gasteiger partial charge in [0.2, 0.25) is 0 Å². The zero-order valence-electron chi connectivity index (χ0n) is 11.4. The van der Waals surface area contributed by atoms with E-state index in [1.807, 2.05) is 14.1 Å². The van der Waals surface area contributed by atoms with Gasteiger partial charge in [0.1, 0.15) is 5.82 Å².